The summed E-state index contributed by atoms with van der Waals surface area (Å²) in [6.45, 7) is 6.91. The van der Waals surface area contributed by atoms with Crippen molar-refractivity contribution in [2.24, 2.45) is 11.7 Å². The molecule has 2 rings (SSSR count). The van der Waals surface area contributed by atoms with Gasteiger partial charge < -0.3 is 5.73 Å². The van der Waals surface area contributed by atoms with Crippen molar-refractivity contribution >= 4 is 27.3 Å². The van der Waals surface area contributed by atoms with Gasteiger partial charge in [0.25, 0.3) is 0 Å². The molecular formula is C16H27BrN2S. The van der Waals surface area contributed by atoms with E-state index < -0.39 is 0 Å². The van der Waals surface area contributed by atoms with Gasteiger partial charge in [0.2, 0.25) is 0 Å². The van der Waals surface area contributed by atoms with Gasteiger partial charge in [0.05, 0.1) is 6.04 Å². The summed E-state index contributed by atoms with van der Waals surface area (Å²) in [6, 6.07) is 2.89. The summed E-state index contributed by atoms with van der Waals surface area (Å²) >= 11 is 5.41. The zero-order valence-corrected chi connectivity index (χ0v) is 15.0. The maximum atomic E-state index is 6.43. The molecule has 1 fully saturated rings. The second-order valence-corrected chi connectivity index (χ2v) is 7.81. The number of rotatable bonds is 6. The summed E-state index contributed by atoms with van der Waals surface area (Å²) in [5, 5.41) is 2.18. The molecular weight excluding hydrogens is 332 g/mol. The second kappa shape index (κ2) is 7.92. The molecule has 0 radical (unpaired) electrons. The van der Waals surface area contributed by atoms with Gasteiger partial charge in [0, 0.05) is 20.8 Å². The monoisotopic (exact) mass is 358 g/mol. The van der Waals surface area contributed by atoms with Crippen molar-refractivity contribution in [2.45, 2.75) is 58.0 Å². The van der Waals surface area contributed by atoms with E-state index in [-0.39, 0.29) is 6.04 Å². The number of hydrogen-bond donors (Lipinski definition) is 1. The van der Waals surface area contributed by atoms with Crippen LogP contribution in [0.2, 0.25) is 0 Å². The maximum absolute atomic E-state index is 6.43. The van der Waals surface area contributed by atoms with Gasteiger partial charge in [-0.1, -0.05) is 26.7 Å². The Kier molecular flexibility index (Phi) is 6.53. The fourth-order valence-electron chi connectivity index (χ4n) is 3.30. The lowest BCUT2D eigenvalue weighted by molar-refractivity contribution is 0.113. The number of nitrogens with two attached hydrogens (primary N) is 1. The van der Waals surface area contributed by atoms with Crippen LogP contribution in [0.1, 0.15) is 56.9 Å². The standard InChI is InChI=1S/C16H27BrN2S/c1-3-5-12-6-8-19(9-7-12)16(14(18)4-2)15-10-13(17)11-20-15/h10-12,14,16H,3-9,18H2,1-2H3. The number of halogens is 1. The van der Waals surface area contributed by atoms with Crippen molar-refractivity contribution in [1.82, 2.24) is 4.90 Å². The molecule has 1 aromatic rings. The first-order valence-electron chi connectivity index (χ1n) is 7.89. The van der Waals surface area contributed by atoms with Crippen LogP contribution in [-0.4, -0.2) is 24.0 Å². The molecule has 0 amide bonds. The van der Waals surface area contributed by atoms with E-state index in [2.05, 4.69) is 46.1 Å². The fraction of sp³-hybridized carbons (Fsp3) is 0.750. The minimum atomic E-state index is 0.239. The maximum Gasteiger partial charge on any atom is 0.0593 e. The lowest BCUT2D eigenvalue weighted by atomic mass is 9.90. The van der Waals surface area contributed by atoms with Crippen LogP contribution in [-0.2, 0) is 0 Å². The smallest absolute Gasteiger partial charge is 0.0593 e. The molecule has 0 spiro atoms. The molecule has 2 heterocycles. The van der Waals surface area contributed by atoms with Crippen LogP contribution in [0.15, 0.2) is 15.9 Å². The molecule has 2 nitrogen and oxygen atoms in total. The molecule has 2 N–H and O–H groups in total. The zero-order valence-electron chi connectivity index (χ0n) is 12.6. The van der Waals surface area contributed by atoms with Crippen LogP contribution in [0.3, 0.4) is 0 Å². The van der Waals surface area contributed by atoms with Crippen molar-refractivity contribution in [1.29, 1.82) is 0 Å². The predicted molar refractivity (Wildman–Crippen MR) is 92.2 cm³/mol. The molecule has 114 valence electrons. The van der Waals surface area contributed by atoms with Crippen LogP contribution in [0, 0.1) is 5.92 Å². The van der Waals surface area contributed by atoms with Gasteiger partial charge in [0.1, 0.15) is 0 Å². The van der Waals surface area contributed by atoms with E-state index in [1.165, 1.54) is 48.1 Å². The van der Waals surface area contributed by atoms with Crippen molar-refractivity contribution in [2.75, 3.05) is 13.1 Å². The van der Waals surface area contributed by atoms with E-state index in [0.717, 1.165) is 12.3 Å². The Morgan fingerprint density at radius 2 is 2.10 bits per heavy atom. The van der Waals surface area contributed by atoms with Gasteiger partial charge >= 0.3 is 0 Å². The molecule has 2 unspecified atom stereocenters. The quantitative estimate of drug-likeness (QED) is 0.790. The van der Waals surface area contributed by atoms with E-state index in [1.54, 1.807) is 0 Å². The lowest BCUT2D eigenvalue weighted by Gasteiger charge is -2.39. The summed E-state index contributed by atoms with van der Waals surface area (Å²) in [7, 11) is 0. The molecule has 4 heteroatoms. The van der Waals surface area contributed by atoms with Gasteiger partial charge in [-0.25, -0.2) is 0 Å². The average Bonchev–Trinajstić information content (AvgIpc) is 2.87. The number of thiophene rings is 1. The Bertz CT molecular complexity index is 399. The topological polar surface area (TPSA) is 29.3 Å². The van der Waals surface area contributed by atoms with E-state index in [9.17, 15) is 0 Å². The number of piperidine rings is 1. The van der Waals surface area contributed by atoms with Crippen LogP contribution < -0.4 is 5.73 Å². The molecule has 0 bridgehead atoms. The van der Waals surface area contributed by atoms with Gasteiger partial charge in [-0.05, 0) is 60.3 Å². The van der Waals surface area contributed by atoms with Crippen molar-refractivity contribution in [3.05, 3.63) is 20.8 Å². The number of likely N-dealkylation sites (tertiary alicyclic amines) is 1. The molecule has 1 aliphatic rings. The van der Waals surface area contributed by atoms with Crippen molar-refractivity contribution < 1.29 is 0 Å². The molecule has 1 aliphatic heterocycles. The lowest BCUT2D eigenvalue weighted by Crippen LogP contribution is -2.44. The fourth-order valence-corrected chi connectivity index (χ4v) is 4.95. The molecule has 2 atom stereocenters. The molecule has 0 aliphatic carbocycles. The van der Waals surface area contributed by atoms with Gasteiger partial charge in [0.15, 0.2) is 0 Å². The number of nitrogens with zero attached hydrogens (tertiary/aromatic N) is 1. The Morgan fingerprint density at radius 1 is 1.40 bits per heavy atom. The highest BCUT2D eigenvalue weighted by atomic mass is 79.9. The largest absolute Gasteiger partial charge is 0.326 e. The summed E-state index contributed by atoms with van der Waals surface area (Å²) in [4.78, 5) is 4.04. The second-order valence-electron chi connectivity index (χ2n) is 5.95. The molecule has 0 aromatic carbocycles. The van der Waals surface area contributed by atoms with Gasteiger partial charge in [-0.2, -0.15) is 0 Å². The zero-order chi connectivity index (χ0) is 14.5. The Balaban J connectivity index is 2.05. The minimum absolute atomic E-state index is 0.239. The highest BCUT2D eigenvalue weighted by Gasteiger charge is 2.30. The Hall–Kier alpha value is 0.1000. The predicted octanol–water partition coefficient (Wildman–Crippen LogP) is 4.80. The molecule has 1 aromatic heterocycles. The van der Waals surface area contributed by atoms with Crippen molar-refractivity contribution in [3.63, 3.8) is 0 Å². The van der Waals surface area contributed by atoms with Gasteiger partial charge in [-0.15, -0.1) is 11.3 Å². The van der Waals surface area contributed by atoms with E-state index >= 15 is 0 Å². The third-order valence-electron chi connectivity index (χ3n) is 4.50. The summed E-state index contributed by atoms with van der Waals surface area (Å²) in [5.41, 5.74) is 6.43. The highest BCUT2D eigenvalue weighted by molar-refractivity contribution is 9.10. The number of hydrogen-bond acceptors (Lipinski definition) is 3. The molecule has 20 heavy (non-hydrogen) atoms. The van der Waals surface area contributed by atoms with Crippen molar-refractivity contribution in [3.8, 4) is 0 Å². The summed E-state index contributed by atoms with van der Waals surface area (Å²) in [6.07, 6.45) is 6.43. The summed E-state index contributed by atoms with van der Waals surface area (Å²) in [5.74, 6) is 0.935. The van der Waals surface area contributed by atoms with Gasteiger partial charge in [-0.3, -0.25) is 4.90 Å². The average molecular weight is 359 g/mol. The van der Waals surface area contributed by atoms with Crippen LogP contribution >= 0.6 is 27.3 Å². The first kappa shape index (κ1) is 16.5. The minimum Gasteiger partial charge on any atom is -0.326 e. The molecule has 1 saturated heterocycles. The Labute approximate surface area is 135 Å². The van der Waals surface area contributed by atoms with Crippen LogP contribution in [0.25, 0.3) is 0 Å². The SMILES string of the molecule is CCCC1CCN(C(c2cc(Br)cs2)C(N)CC)CC1. The highest BCUT2D eigenvalue weighted by Crippen LogP contribution is 2.35. The molecule has 0 saturated carbocycles. The Morgan fingerprint density at radius 3 is 2.60 bits per heavy atom. The summed E-state index contributed by atoms with van der Waals surface area (Å²) < 4.78 is 1.19. The third kappa shape index (κ3) is 4.06. The van der Waals surface area contributed by atoms with E-state index in [1.807, 2.05) is 11.3 Å². The van der Waals surface area contributed by atoms with Crippen LogP contribution in [0.4, 0.5) is 0 Å². The third-order valence-corrected chi connectivity index (χ3v) is 6.26. The first-order chi connectivity index (χ1) is 9.65. The van der Waals surface area contributed by atoms with Crippen LogP contribution in [0.5, 0.6) is 0 Å². The first-order valence-corrected chi connectivity index (χ1v) is 9.56. The van der Waals surface area contributed by atoms with E-state index in [0.29, 0.717) is 6.04 Å². The van der Waals surface area contributed by atoms with E-state index in [4.69, 9.17) is 5.73 Å². The normalized spacial score (nSPS) is 21.0.